The van der Waals surface area contributed by atoms with Crippen molar-refractivity contribution in [2.45, 2.75) is 55.9 Å². The molecular weight excluding hydrogens is 739 g/mol. The van der Waals surface area contributed by atoms with Gasteiger partial charge in [0.15, 0.2) is 23.2 Å². The van der Waals surface area contributed by atoms with E-state index in [9.17, 15) is 14.4 Å². The summed E-state index contributed by atoms with van der Waals surface area (Å²) in [7, 11) is 0. The Bertz CT molecular complexity index is 2470. The minimum Gasteiger partial charge on any atom is -0.489 e. The number of carbonyl (C=O) groups is 1. The number of halogens is 4. The molecule has 3 N–H and O–H groups in total. The van der Waals surface area contributed by atoms with Crippen molar-refractivity contribution in [1.29, 1.82) is 5.26 Å². The first-order chi connectivity index (χ1) is 26.2. The van der Waals surface area contributed by atoms with Gasteiger partial charge < -0.3 is 25.4 Å². The number of alkyl halides is 1. The van der Waals surface area contributed by atoms with Crippen molar-refractivity contribution in [3.05, 3.63) is 64.2 Å². The second-order valence-electron chi connectivity index (χ2n) is 14.9. The Morgan fingerprint density at radius 2 is 2.06 bits per heavy atom. The number of rotatable bonds is 8. The van der Waals surface area contributed by atoms with Crippen molar-refractivity contribution >= 4 is 66.2 Å². The van der Waals surface area contributed by atoms with Gasteiger partial charge in [-0.1, -0.05) is 29.8 Å². The second-order valence-corrected chi connectivity index (χ2v) is 16.4. The van der Waals surface area contributed by atoms with Crippen LogP contribution in [0.5, 0.6) is 11.8 Å². The predicted octanol–water partition coefficient (Wildman–Crippen LogP) is 7.32. The lowest BCUT2D eigenvalue weighted by molar-refractivity contribution is 0.0987. The molecule has 2 aromatic heterocycles. The van der Waals surface area contributed by atoms with Crippen molar-refractivity contribution in [2.24, 2.45) is 5.92 Å². The maximum Gasteiger partial charge on any atom is 0.319 e. The zero-order valence-corrected chi connectivity index (χ0v) is 30.4. The average Bonchev–Trinajstić information content (AvgIpc) is 4.07. The van der Waals surface area contributed by atoms with Crippen LogP contribution >= 0.6 is 22.9 Å². The van der Waals surface area contributed by atoms with Gasteiger partial charge >= 0.3 is 6.01 Å². The van der Waals surface area contributed by atoms with E-state index in [-0.39, 0.29) is 103 Å². The molecular formula is C39H33ClF3N7O3S. The number of nitrogens with two attached hydrogens (primary N) is 1. The molecule has 0 amide bonds. The van der Waals surface area contributed by atoms with Crippen LogP contribution in [0.1, 0.15) is 48.0 Å². The fourth-order valence-electron chi connectivity index (χ4n) is 8.88. The number of benzene rings is 3. The van der Waals surface area contributed by atoms with Crippen molar-refractivity contribution in [1.82, 2.24) is 20.2 Å². The summed E-state index contributed by atoms with van der Waals surface area (Å²) in [5.74, 6) is -0.570. The number of carbonyl (C=O) groups excluding carboxylic acids is 1. The third-order valence-electron chi connectivity index (χ3n) is 11.7. The van der Waals surface area contributed by atoms with Crippen LogP contribution in [0.2, 0.25) is 5.02 Å². The fourth-order valence-corrected chi connectivity index (χ4v) is 10.2. The molecule has 1 saturated carbocycles. The van der Waals surface area contributed by atoms with Gasteiger partial charge in [-0.05, 0) is 61.9 Å². The van der Waals surface area contributed by atoms with E-state index in [1.807, 2.05) is 17.0 Å². The van der Waals surface area contributed by atoms with Gasteiger partial charge in [-0.3, -0.25) is 9.69 Å². The molecule has 10 rings (SSSR count). The molecule has 3 aromatic carbocycles. The molecule has 5 aromatic rings. The fraction of sp³-hybridized carbons (Fsp3) is 0.385. The van der Waals surface area contributed by atoms with E-state index in [2.05, 4.69) is 15.2 Å². The lowest BCUT2D eigenvalue weighted by Crippen LogP contribution is -2.43. The monoisotopic (exact) mass is 771 g/mol. The summed E-state index contributed by atoms with van der Waals surface area (Å²) in [4.78, 5) is 26.9. The Labute approximate surface area is 316 Å². The van der Waals surface area contributed by atoms with Gasteiger partial charge in [-0.2, -0.15) is 15.2 Å². The van der Waals surface area contributed by atoms with Crippen molar-refractivity contribution < 1.29 is 27.4 Å². The quantitative estimate of drug-likeness (QED) is 0.122. The number of ketones is 1. The van der Waals surface area contributed by atoms with Crippen LogP contribution < -0.4 is 25.4 Å². The van der Waals surface area contributed by atoms with Crippen molar-refractivity contribution in [3.8, 4) is 29.0 Å². The van der Waals surface area contributed by atoms with Gasteiger partial charge in [-0.15, -0.1) is 11.3 Å². The standard InChI is InChI=1S/C39H33ClF3N7O3S/c40-28-26(22-7-8-24(42)35-25(22)23(15-44)36(45)54-35)29(43)31-27-34(28)52-12-11-50(21-4-1-3-19(13-21)33(51)32-30(46-32)18-5-6-18)37(27)48-38(47-31)53-17-39-9-2-10-49(39)16-20(41)14-39/h1,3-4,7-8,13,18,20,30,32,46H,2,5-6,9-12,14,16-17,45H2/t20-,30?,32?,39?/m1/s1. The summed E-state index contributed by atoms with van der Waals surface area (Å²) < 4.78 is 59.9. The zero-order valence-electron chi connectivity index (χ0n) is 28.8. The summed E-state index contributed by atoms with van der Waals surface area (Å²) in [5, 5.41) is 13.6. The summed E-state index contributed by atoms with van der Waals surface area (Å²) in [5.41, 5.74) is 6.59. The summed E-state index contributed by atoms with van der Waals surface area (Å²) >= 11 is 7.98. The Morgan fingerprint density at radius 1 is 1.20 bits per heavy atom. The number of aromatic nitrogens is 2. The highest BCUT2D eigenvalue weighted by Crippen LogP contribution is 2.52. The zero-order chi connectivity index (χ0) is 37.0. The van der Waals surface area contributed by atoms with E-state index in [4.69, 9.17) is 31.8 Å². The molecule has 5 aliphatic rings. The number of hydrogen-bond donors (Lipinski definition) is 2. The Hall–Kier alpha value is -4.68. The van der Waals surface area contributed by atoms with E-state index in [1.165, 1.54) is 12.1 Å². The smallest absolute Gasteiger partial charge is 0.319 e. The predicted molar refractivity (Wildman–Crippen MR) is 200 cm³/mol. The van der Waals surface area contributed by atoms with Crippen LogP contribution in [0.25, 0.3) is 32.1 Å². The van der Waals surface area contributed by atoms with E-state index in [0.29, 0.717) is 30.1 Å². The molecule has 15 heteroatoms. The average molecular weight is 772 g/mol. The molecule has 0 bridgehead atoms. The van der Waals surface area contributed by atoms with Crippen molar-refractivity contribution in [3.63, 3.8) is 0 Å². The Kier molecular flexibility index (Phi) is 7.79. The second kappa shape index (κ2) is 12.4. The summed E-state index contributed by atoms with van der Waals surface area (Å²) in [6, 6.07) is 11.7. The largest absolute Gasteiger partial charge is 0.489 e. The molecule has 3 unspecified atom stereocenters. The highest BCUT2D eigenvalue weighted by molar-refractivity contribution is 7.23. The molecule has 0 spiro atoms. The molecule has 4 atom stereocenters. The maximum atomic E-state index is 17.4. The van der Waals surface area contributed by atoms with Gasteiger partial charge in [0.2, 0.25) is 0 Å². The van der Waals surface area contributed by atoms with E-state index < -0.39 is 23.3 Å². The van der Waals surface area contributed by atoms with Gasteiger partial charge in [0.1, 0.15) is 41.8 Å². The SMILES string of the molecule is N#Cc1c(N)sc2c(F)ccc(-c3c(Cl)c4c5c(nc(OCC67CCCN6C[C@H](F)C7)nc5c3F)N(c3cccc(C(=O)C5NC5C5CC5)c3)CCO4)c12. The normalized spacial score (nSPS) is 24.7. The lowest BCUT2D eigenvalue weighted by Gasteiger charge is -2.31. The third kappa shape index (κ3) is 5.23. The molecule has 1 aliphatic carbocycles. The molecule has 54 heavy (non-hydrogen) atoms. The molecule has 10 nitrogen and oxygen atoms in total. The number of fused-ring (bicyclic) bond motifs is 2. The summed E-state index contributed by atoms with van der Waals surface area (Å²) in [6.07, 6.45) is 3.24. The molecule has 0 radical (unpaired) electrons. The molecule has 4 fully saturated rings. The van der Waals surface area contributed by atoms with Gasteiger partial charge in [0, 0.05) is 41.2 Å². The molecule has 4 aliphatic heterocycles. The number of nitrogens with one attached hydrogen (secondary N) is 1. The van der Waals surface area contributed by atoms with E-state index in [1.54, 1.807) is 18.2 Å². The van der Waals surface area contributed by atoms with Crippen LogP contribution in [0.4, 0.5) is 29.7 Å². The van der Waals surface area contributed by atoms with Gasteiger partial charge in [0.25, 0.3) is 0 Å². The topological polar surface area (TPSA) is 140 Å². The van der Waals surface area contributed by atoms with E-state index >= 15 is 8.78 Å². The third-order valence-corrected chi connectivity index (χ3v) is 13.1. The number of nitrogen functional groups attached to an aromatic ring is 1. The minimum atomic E-state index is -0.981. The highest BCUT2D eigenvalue weighted by atomic mass is 35.5. The first kappa shape index (κ1) is 33.9. The Balaban J connectivity index is 1.14. The van der Waals surface area contributed by atoms with Crippen LogP contribution in [-0.2, 0) is 0 Å². The number of anilines is 3. The number of Topliss-reactive ketones (excluding diaryl/α,β-unsaturated/α-hetero) is 1. The van der Waals surface area contributed by atoms with Crippen LogP contribution in [-0.4, -0.2) is 77.3 Å². The first-order valence-electron chi connectivity index (χ1n) is 18.1. The number of thiophene rings is 1. The van der Waals surface area contributed by atoms with E-state index in [0.717, 1.165) is 43.6 Å². The lowest BCUT2D eigenvalue weighted by atomic mass is 9.95. The van der Waals surface area contributed by atoms with Crippen LogP contribution in [0, 0.1) is 28.9 Å². The first-order valence-corrected chi connectivity index (χ1v) is 19.3. The van der Waals surface area contributed by atoms with Crippen LogP contribution in [0.15, 0.2) is 36.4 Å². The highest BCUT2D eigenvalue weighted by Gasteiger charge is 2.51. The number of ether oxygens (including phenoxy) is 2. The van der Waals surface area contributed by atoms with Gasteiger partial charge in [-0.25, -0.2) is 13.2 Å². The number of nitriles is 1. The molecule has 276 valence electrons. The van der Waals surface area contributed by atoms with Crippen LogP contribution in [0.3, 0.4) is 0 Å². The number of hydrogen-bond acceptors (Lipinski definition) is 11. The van der Waals surface area contributed by atoms with Gasteiger partial charge in [0.05, 0.1) is 38.8 Å². The number of nitrogens with zero attached hydrogens (tertiary/aromatic N) is 5. The summed E-state index contributed by atoms with van der Waals surface area (Å²) in [6.45, 7) is 1.51. The maximum absolute atomic E-state index is 17.4. The molecule has 3 saturated heterocycles. The van der Waals surface area contributed by atoms with Crippen molar-refractivity contribution in [2.75, 3.05) is 43.5 Å². The minimum absolute atomic E-state index is 0.00723. The Morgan fingerprint density at radius 3 is 2.87 bits per heavy atom. The molecule has 6 heterocycles.